The van der Waals surface area contributed by atoms with Gasteiger partial charge < -0.3 is 9.47 Å². The number of esters is 2. The van der Waals surface area contributed by atoms with Crippen molar-refractivity contribution >= 4 is 23.5 Å². The zero-order valence-electron chi connectivity index (χ0n) is 11.8. The van der Waals surface area contributed by atoms with Gasteiger partial charge in [0.1, 0.15) is 0 Å². The van der Waals surface area contributed by atoms with Crippen LogP contribution in [0.5, 0.6) is 0 Å². The molecule has 1 atom stereocenters. The molecule has 1 fully saturated rings. The Labute approximate surface area is 131 Å². The van der Waals surface area contributed by atoms with Gasteiger partial charge in [0, 0.05) is 10.9 Å². The van der Waals surface area contributed by atoms with Crippen LogP contribution >= 0.6 is 11.6 Å². The lowest BCUT2D eigenvalue weighted by Crippen LogP contribution is -2.34. The van der Waals surface area contributed by atoms with E-state index in [-0.39, 0.29) is 5.02 Å². The quantitative estimate of drug-likeness (QED) is 0.622. The van der Waals surface area contributed by atoms with Crippen molar-refractivity contribution in [2.45, 2.75) is 5.92 Å². The summed E-state index contributed by atoms with van der Waals surface area (Å²) in [5.74, 6) is -3.04. The van der Waals surface area contributed by atoms with Crippen LogP contribution in [0, 0.1) is 33.5 Å². The van der Waals surface area contributed by atoms with E-state index in [2.05, 4.69) is 9.47 Å². The summed E-state index contributed by atoms with van der Waals surface area (Å²) in [6.45, 7) is 0. The molecule has 0 bridgehead atoms. The van der Waals surface area contributed by atoms with Crippen molar-refractivity contribution in [3.63, 3.8) is 0 Å². The third-order valence-corrected chi connectivity index (χ3v) is 4.33. The molecule has 0 amide bonds. The molecule has 0 heterocycles. The normalized spacial score (nSPS) is 20.1. The molecule has 1 unspecified atom stereocenters. The lowest BCUT2D eigenvalue weighted by atomic mass is 9.95. The van der Waals surface area contributed by atoms with E-state index in [1.165, 1.54) is 0 Å². The zero-order chi connectivity index (χ0) is 16.5. The molecular formula is C15H11ClN2O4. The van der Waals surface area contributed by atoms with E-state index in [0.717, 1.165) is 14.2 Å². The van der Waals surface area contributed by atoms with Gasteiger partial charge in [-0.05, 0) is 11.6 Å². The number of rotatable bonds is 3. The molecule has 0 N–H and O–H groups in total. The zero-order valence-corrected chi connectivity index (χ0v) is 12.5. The smallest absolute Gasteiger partial charge is 0.326 e. The van der Waals surface area contributed by atoms with E-state index in [1.54, 1.807) is 36.4 Å². The number of ether oxygens (including phenoxy) is 2. The Morgan fingerprint density at radius 1 is 1.14 bits per heavy atom. The fourth-order valence-corrected chi connectivity index (χ4v) is 3.19. The minimum Gasteiger partial charge on any atom is -0.468 e. The number of nitriles is 2. The largest absolute Gasteiger partial charge is 0.468 e. The highest BCUT2D eigenvalue weighted by Gasteiger charge is 2.89. The van der Waals surface area contributed by atoms with Crippen molar-refractivity contribution in [2.24, 2.45) is 10.8 Å². The van der Waals surface area contributed by atoms with Crippen LogP contribution in [0.15, 0.2) is 24.3 Å². The Kier molecular flexibility index (Phi) is 3.83. The molecule has 0 spiro atoms. The number of carbonyl (C=O) groups is 2. The Morgan fingerprint density at radius 2 is 1.64 bits per heavy atom. The standard InChI is InChI=1S/C15H11ClN2O4/c1-21-12(19)15(13(20)22-2)11(14(15,7-17)8-18)9-5-3-4-6-10(9)16/h3-6,11H,1-2H3. The first-order valence-corrected chi connectivity index (χ1v) is 6.59. The summed E-state index contributed by atoms with van der Waals surface area (Å²) in [7, 11) is 2.16. The van der Waals surface area contributed by atoms with Gasteiger partial charge >= 0.3 is 11.9 Å². The fraction of sp³-hybridized carbons (Fsp3) is 0.333. The van der Waals surface area contributed by atoms with Gasteiger partial charge in [0.25, 0.3) is 0 Å². The maximum Gasteiger partial charge on any atom is 0.326 e. The Hall–Kier alpha value is -2.57. The molecule has 6 nitrogen and oxygen atoms in total. The molecule has 0 saturated heterocycles. The van der Waals surface area contributed by atoms with Crippen LogP contribution in [-0.2, 0) is 19.1 Å². The number of halogens is 1. The molecule has 1 aromatic rings. The lowest BCUT2D eigenvalue weighted by molar-refractivity contribution is -0.162. The molecule has 7 heteroatoms. The van der Waals surface area contributed by atoms with Crippen molar-refractivity contribution in [1.29, 1.82) is 10.5 Å². The van der Waals surface area contributed by atoms with Crippen molar-refractivity contribution in [3.8, 4) is 12.1 Å². The minimum absolute atomic E-state index is 0.247. The maximum atomic E-state index is 12.3. The van der Waals surface area contributed by atoms with Gasteiger partial charge in [0.2, 0.25) is 5.41 Å². The van der Waals surface area contributed by atoms with Crippen molar-refractivity contribution < 1.29 is 19.1 Å². The summed E-state index contributed by atoms with van der Waals surface area (Å²) in [6.07, 6.45) is 0. The van der Waals surface area contributed by atoms with E-state index >= 15 is 0 Å². The number of carbonyl (C=O) groups excluding carboxylic acids is 2. The summed E-state index contributed by atoms with van der Waals surface area (Å²) < 4.78 is 9.33. The van der Waals surface area contributed by atoms with Crippen molar-refractivity contribution in [3.05, 3.63) is 34.9 Å². The summed E-state index contributed by atoms with van der Waals surface area (Å²) in [5.41, 5.74) is -3.61. The molecule has 22 heavy (non-hydrogen) atoms. The van der Waals surface area contributed by atoms with Crippen LogP contribution in [0.25, 0.3) is 0 Å². The predicted octanol–water partition coefficient (Wildman–Crippen LogP) is 1.80. The minimum atomic E-state index is -2.04. The first-order valence-electron chi connectivity index (χ1n) is 6.21. The highest BCUT2D eigenvalue weighted by atomic mass is 35.5. The van der Waals surface area contributed by atoms with Gasteiger partial charge in [0.05, 0.1) is 26.4 Å². The number of hydrogen-bond acceptors (Lipinski definition) is 6. The number of benzene rings is 1. The topological polar surface area (TPSA) is 100 Å². The van der Waals surface area contributed by atoms with Crippen LogP contribution in [-0.4, -0.2) is 26.2 Å². The highest BCUT2D eigenvalue weighted by Crippen LogP contribution is 2.75. The molecular weight excluding hydrogens is 308 g/mol. The maximum absolute atomic E-state index is 12.3. The van der Waals surface area contributed by atoms with Crippen molar-refractivity contribution in [2.75, 3.05) is 14.2 Å². The third-order valence-electron chi connectivity index (χ3n) is 3.99. The van der Waals surface area contributed by atoms with Gasteiger partial charge in [-0.1, -0.05) is 29.8 Å². The van der Waals surface area contributed by atoms with Gasteiger partial charge in [-0.25, -0.2) is 0 Å². The van der Waals surface area contributed by atoms with Crippen LogP contribution in [0.1, 0.15) is 11.5 Å². The molecule has 0 aromatic heterocycles. The van der Waals surface area contributed by atoms with Gasteiger partial charge in [0.15, 0.2) is 5.41 Å². The Morgan fingerprint density at radius 3 is 2.05 bits per heavy atom. The van der Waals surface area contributed by atoms with Gasteiger partial charge in [-0.15, -0.1) is 0 Å². The summed E-state index contributed by atoms with van der Waals surface area (Å²) in [6, 6.07) is 9.96. The van der Waals surface area contributed by atoms with E-state index < -0.39 is 28.7 Å². The second kappa shape index (κ2) is 5.32. The lowest BCUT2D eigenvalue weighted by Gasteiger charge is -2.13. The molecule has 1 aliphatic rings. The highest BCUT2D eigenvalue weighted by molar-refractivity contribution is 6.31. The summed E-state index contributed by atoms with van der Waals surface area (Å²) >= 11 is 6.10. The predicted molar refractivity (Wildman–Crippen MR) is 74.3 cm³/mol. The van der Waals surface area contributed by atoms with Gasteiger partial charge in [-0.2, -0.15) is 10.5 Å². The second-order valence-electron chi connectivity index (χ2n) is 4.78. The van der Waals surface area contributed by atoms with Crippen LogP contribution in [0.3, 0.4) is 0 Å². The monoisotopic (exact) mass is 318 g/mol. The summed E-state index contributed by atoms with van der Waals surface area (Å²) in [5, 5.41) is 19.2. The van der Waals surface area contributed by atoms with Crippen LogP contribution < -0.4 is 0 Å². The molecule has 112 valence electrons. The van der Waals surface area contributed by atoms with E-state index in [4.69, 9.17) is 11.6 Å². The van der Waals surface area contributed by atoms with Crippen LogP contribution in [0.4, 0.5) is 0 Å². The first-order chi connectivity index (χ1) is 10.5. The number of hydrogen-bond donors (Lipinski definition) is 0. The average molecular weight is 319 g/mol. The van der Waals surface area contributed by atoms with E-state index in [1.807, 2.05) is 0 Å². The van der Waals surface area contributed by atoms with Crippen molar-refractivity contribution in [1.82, 2.24) is 0 Å². The van der Waals surface area contributed by atoms with Gasteiger partial charge in [-0.3, -0.25) is 9.59 Å². The molecule has 1 aromatic carbocycles. The SMILES string of the molecule is COC(=O)C1(C(=O)OC)C(c2ccccc2Cl)C1(C#N)C#N. The molecule has 1 aliphatic carbocycles. The third kappa shape index (κ3) is 1.65. The first kappa shape index (κ1) is 15.8. The fourth-order valence-electron chi connectivity index (χ4n) is 2.94. The van der Waals surface area contributed by atoms with E-state index in [9.17, 15) is 20.1 Å². The molecule has 0 radical (unpaired) electrons. The Balaban J connectivity index is 2.75. The molecule has 0 aliphatic heterocycles. The molecule has 2 rings (SSSR count). The van der Waals surface area contributed by atoms with Crippen LogP contribution in [0.2, 0.25) is 5.02 Å². The Bertz CT molecular complexity index is 702. The second-order valence-corrected chi connectivity index (χ2v) is 5.18. The number of nitrogens with zero attached hydrogens (tertiary/aromatic N) is 2. The molecule has 1 saturated carbocycles. The summed E-state index contributed by atoms with van der Waals surface area (Å²) in [4.78, 5) is 24.5. The van der Waals surface area contributed by atoms with E-state index in [0.29, 0.717) is 5.56 Å². The average Bonchev–Trinajstić information content (AvgIpc) is 3.18. The number of methoxy groups -OCH3 is 2.